The van der Waals surface area contributed by atoms with Crippen LogP contribution in [0.1, 0.15) is 29.8 Å². The topological polar surface area (TPSA) is 116 Å². The Bertz CT molecular complexity index is 764. The van der Waals surface area contributed by atoms with E-state index in [9.17, 15) is 19.5 Å². The predicted molar refractivity (Wildman–Crippen MR) is 84.2 cm³/mol. The molecule has 1 aromatic rings. The molecular formula is C15H20N4O5. The van der Waals surface area contributed by atoms with Crippen LogP contribution in [0.4, 0.5) is 5.95 Å². The van der Waals surface area contributed by atoms with Crippen molar-refractivity contribution in [3.8, 4) is 5.75 Å². The summed E-state index contributed by atoms with van der Waals surface area (Å²) in [5.41, 5.74) is -1.80. The fourth-order valence-corrected chi connectivity index (χ4v) is 3.60. The highest BCUT2D eigenvalue weighted by molar-refractivity contribution is 5.88. The van der Waals surface area contributed by atoms with Crippen LogP contribution in [0.5, 0.6) is 5.75 Å². The van der Waals surface area contributed by atoms with Gasteiger partial charge in [0, 0.05) is 33.7 Å². The number of carboxylic acid groups (broad SMARTS) is 1. The summed E-state index contributed by atoms with van der Waals surface area (Å²) in [6, 6.07) is 0. The molecule has 0 unspecified atom stereocenters. The first-order chi connectivity index (χ1) is 11.3. The molecule has 0 aromatic carbocycles. The number of nitrogens with zero attached hydrogens (tertiary/aromatic N) is 4. The van der Waals surface area contributed by atoms with Crippen LogP contribution in [-0.4, -0.2) is 63.2 Å². The molecule has 0 aliphatic carbocycles. The maximum absolute atomic E-state index is 12.4. The lowest BCUT2D eigenvalue weighted by Crippen LogP contribution is -2.46. The summed E-state index contributed by atoms with van der Waals surface area (Å²) in [6.07, 6.45) is 2.09. The Balaban J connectivity index is 1.89. The second-order valence-corrected chi connectivity index (χ2v) is 6.52. The first kappa shape index (κ1) is 16.3. The Morgan fingerprint density at radius 2 is 1.71 bits per heavy atom. The van der Waals surface area contributed by atoms with Gasteiger partial charge in [-0.15, -0.1) is 0 Å². The van der Waals surface area contributed by atoms with E-state index in [1.54, 1.807) is 16.8 Å². The van der Waals surface area contributed by atoms with Crippen molar-refractivity contribution in [1.29, 1.82) is 0 Å². The number of likely N-dealkylation sites (tertiary alicyclic amines) is 1. The molecule has 2 aliphatic rings. The van der Waals surface area contributed by atoms with Gasteiger partial charge in [0.05, 0.1) is 5.41 Å². The van der Waals surface area contributed by atoms with Gasteiger partial charge in [0.15, 0.2) is 5.69 Å². The molecule has 2 saturated heterocycles. The monoisotopic (exact) mass is 336 g/mol. The van der Waals surface area contributed by atoms with Gasteiger partial charge in [-0.05, 0) is 19.3 Å². The van der Waals surface area contributed by atoms with Crippen molar-refractivity contribution in [3.63, 3.8) is 0 Å². The Hall–Kier alpha value is -2.58. The summed E-state index contributed by atoms with van der Waals surface area (Å²) < 4.78 is 1.14. The van der Waals surface area contributed by atoms with E-state index >= 15 is 0 Å². The molecule has 2 fully saturated rings. The summed E-state index contributed by atoms with van der Waals surface area (Å²) >= 11 is 0. The number of rotatable bonds is 2. The first-order valence-corrected chi connectivity index (χ1v) is 7.80. The minimum Gasteiger partial charge on any atom is -0.501 e. The molecule has 1 spiro atoms. The number of aromatic nitrogens is 2. The van der Waals surface area contributed by atoms with Crippen LogP contribution in [0.15, 0.2) is 4.79 Å². The third-order valence-corrected chi connectivity index (χ3v) is 5.18. The maximum atomic E-state index is 12.4. The molecule has 130 valence electrons. The van der Waals surface area contributed by atoms with E-state index < -0.39 is 23.0 Å². The maximum Gasteiger partial charge on any atom is 0.358 e. The fourth-order valence-electron chi connectivity index (χ4n) is 3.60. The Morgan fingerprint density at radius 1 is 1.12 bits per heavy atom. The summed E-state index contributed by atoms with van der Waals surface area (Å²) in [5.74, 6) is -1.97. The lowest BCUT2D eigenvalue weighted by molar-refractivity contribution is -0.135. The molecule has 3 rings (SSSR count). The van der Waals surface area contributed by atoms with Gasteiger partial charge in [-0.1, -0.05) is 0 Å². The van der Waals surface area contributed by atoms with Crippen molar-refractivity contribution >= 4 is 17.8 Å². The molecule has 2 N–H and O–H groups in total. The van der Waals surface area contributed by atoms with Gasteiger partial charge in [-0.25, -0.2) is 9.78 Å². The molecule has 1 amide bonds. The Kier molecular flexibility index (Phi) is 3.73. The minimum absolute atomic E-state index is 0.154. The number of piperidine rings is 1. The summed E-state index contributed by atoms with van der Waals surface area (Å²) in [4.78, 5) is 43.0. The van der Waals surface area contributed by atoms with Crippen molar-refractivity contribution in [3.05, 3.63) is 16.0 Å². The van der Waals surface area contributed by atoms with Gasteiger partial charge >= 0.3 is 5.97 Å². The van der Waals surface area contributed by atoms with Crippen LogP contribution in [0, 0.1) is 5.41 Å². The number of aromatic carboxylic acids is 1. The van der Waals surface area contributed by atoms with Crippen LogP contribution in [-0.2, 0) is 11.8 Å². The number of aromatic hydroxyl groups is 1. The molecule has 24 heavy (non-hydrogen) atoms. The van der Waals surface area contributed by atoms with E-state index in [0.29, 0.717) is 25.9 Å². The standard InChI is InChI=1S/C15H20N4O5/c1-17-6-3-15(13(17)24)4-7-19(8-5-15)14-16-9(12(22)23)10(20)11(21)18(14)2/h20H,3-8H2,1-2H3,(H,22,23). The molecule has 0 atom stereocenters. The number of hydrogen-bond acceptors (Lipinski definition) is 6. The highest BCUT2D eigenvalue weighted by Crippen LogP contribution is 2.41. The van der Waals surface area contributed by atoms with Crippen molar-refractivity contribution in [2.75, 3.05) is 31.6 Å². The molecule has 3 heterocycles. The largest absolute Gasteiger partial charge is 0.501 e. The van der Waals surface area contributed by atoms with Crippen molar-refractivity contribution in [2.24, 2.45) is 12.5 Å². The van der Waals surface area contributed by atoms with Gasteiger partial charge in [0.2, 0.25) is 17.6 Å². The van der Waals surface area contributed by atoms with E-state index in [1.807, 2.05) is 0 Å². The van der Waals surface area contributed by atoms with Gasteiger partial charge < -0.3 is 20.0 Å². The van der Waals surface area contributed by atoms with Crippen LogP contribution in [0.25, 0.3) is 0 Å². The zero-order valence-electron chi connectivity index (χ0n) is 13.7. The van der Waals surface area contributed by atoms with E-state index in [0.717, 1.165) is 17.5 Å². The quantitative estimate of drug-likeness (QED) is 0.757. The summed E-state index contributed by atoms with van der Waals surface area (Å²) in [6.45, 7) is 1.76. The smallest absolute Gasteiger partial charge is 0.358 e. The van der Waals surface area contributed by atoms with Crippen LogP contribution < -0.4 is 10.5 Å². The molecule has 1 aromatic heterocycles. The van der Waals surface area contributed by atoms with Gasteiger partial charge in [0.1, 0.15) is 0 Å². The van der Waals surface area contributed by atoms with E-state index in [1.165, 1.54) is 7.05 Å². The van der Waals surface area contributed by atoms with Crippen LogP contribution in [0.3, 0.4) is 0 Å². The second kappa shape index (κ2) is 5.50. The lowest BCUT2D eigenvalue weighted by atomic mass is 9.77. The SMILES string of the molecule is CN1CCC2(CCN(c3nc(C(=O)O)c(O)c(=O)n3C)CC2)C1=O. The Morgan fingerprint density at radius 3 is 2.21 bits per heavy atom. The normalized spacial score (nSPS) is 20.0. The van der Waals surface area contributed by atoms with Crippen molar-refractivity contribution < 1.29 is 19.8 Å². The average Bonchev–Trinajstić information content (AvgIpc) is 2.83. The molecule has 2 aliphatic heterocycles. The van der Waals surface area contributed by atoms with E-state index in [2.05, 4.69) is 4.98 Å². The molecule has 0 bridgehead atoms. The highest BCUT2D eigenvalue weighted by Gasteiger charge is 2.47. The van der Waals surface area contributed by atoms with Gasteiger partial charge in [-0.3, -0.25) is 14.2 Å². The van der Waals surface area contributed by atoms with E-state index in [-0.39, 0.29) is 17.3 Å². The van der Waals surface area contributed by atoms with Crippen molar-refractivity contribution in [1.82, 2.24) is 14.5 Å². The Labute approximate surface area is 138 Å². The van der Waals surface area contributed by atoms with Crippen LogP contribution >= 0.6 is 0 Å². The minimum atomic E-state index is -1.45. The van der Waals surface area contributed by atoms with Crippen molar-refractivity contribution in [2.45, 2.75) is 19.3 Å². The fraction of sp³-hybridized carbons (Fsp3) is 0.600. The first-order valence-electron chi connectivity index (χ1n) is 7.80. The zero-order chi connectivity index (χ0) is 17.6. The molecule has 0 saturated carbocycles. The van der Waals surface area contributed by atoms with E-state index in [4.69, 9.17) is 5.11 Å². The van der Waals surface area contributed by atoms with Gasteiger partial charge in [-0.2, -0.15) is 0 Å². The van der Waals surface area contributed by atoms with Crippen LogP contribution in [0.2, 0.25) is 0 Å². The third-order valence-electron chi connectivity index (χ3n) is 5.18. The summed E-state index contributed by atoms with van der Waals surface area (Å²) in [5, 5.41) is 18.8. The highest BCUT2D eigenvalue weighted by atomic mass is 16.4. The second-order valence-electron chi connectivity index (χ2n) is 6.52. The molecule has 0 radical (unpaired) electrons. The number of anilines is 1. The number of carbonyl (C=O) groups excluding carboxylic acids is 1. The zero-order valence-corrected chi connectivity index (χ0v) is 13.7. The predicted octanol–water partition coefficient (Wildman–Crippen LogP) is -0.367. The molecule has 9 heteroatoms. The lowest BCUT2D eigenvalue weighted by Gasteiger charge is -2.38. The molecule has 9 nitrogen and oxygen atoms in total. The number of hydrogen-bond donors (Lipinski definition) is 2. The number of amides is 1. The number of carbonyl (C=O) groups is 2. The number of carboxylic acids is 1. The van der Waals surface area contributed by atoms with Gasteiger partial charge in [0.25, 0.3) is 5.56 Å². The summed E-state index contributed by atoms with van der Waals surface area (Å²) in [7, 11) is 3.24. The third kappa shape index (κ3) is 2.31. The molecular weight excluding hydrogens is 316 g/mol. The average molecular weight is 336 g/mol.